The van der Waals surface area contributed by atoms with E-state index in [1.165, 1.54) is 0 Å². The topological polar surface area (TPSA) is 55.4 Å². The van der Waals surface area contributed by atoms with Crippen molar-refractivity contribution in [2.24, 2.45) is 11.8 Å². The molecule has 1 unspecified atom stereocenters. The molecule has 0 aliphatic rings. The number of amides is 1. The molecule has 4 heteroatoms. The monoisotopic (exact) mass is 401 g/mol. The molecule has 0 radical (unpaired) electrons. The van der Waals surface area contributed by atoms with Crippen molar-refractivity contribution < 1.29 is 14.3 Å². The highest BCUT2D eigenvalue weighted by atomic mass is 16.5. The third-order valence-corrected chi connectivity index (χ3v) is 4.88. The van der Waals surface area contributed by atoms with Crippen LogP contribution in [0, 0.1) is 11.8 Å². The van der Waals surface area contributed by atoms with Gasteiger partial charge < -0.3 is 10.1 Å². The van der Waals surface area contributed by atoms with Gasteiger partial charge in [-0.15, -0.1) is 0 Å². The van der Waals surface area contributed by atoms with Crippen molar-refractivity contribution in [2.45, 2.75) is 26.9 Å². The van der Waals surface area contributed by atoms with Gasteiger partial charge in [0.25, 0.3) is 0 Å². The lowest BCUT2D eigenvalue weighted by Crippen LogP contribution is -2.34. The largest absolute Gasteiger partial charge is 0.489 e. The molecule has 0 bridgehead atoms. The van der Waals surface area contributed by atoms with E-state index in [0.29, 0.717) is 18.7 Å². The summed E-state index contributed by atoms with van der Waals surface area (Å²) in [4.78, 5) is 25.6. The maximum absolute atomic E-state index is 12.9. The first-order valence-corrected chi connectivity index (χ1v) is 10.2. The minimum atomic E-state index is -0.721. The van der Waals surface area contributed by atoms with Gasteiger partial charge in [0.2, 0.25) is 5.91 Å². The van der Waals surface area contributed by atoms with Gasteiger partial charge in [-0.25, -0.2) is 0 Å². The molecular weight excluding hydrogens is 374 g/mol. The number of carbonyl (C=O) groups is 2. The van der Waals surface area contributed by atoms with E-state index in [9.17, 15) is 9.59 Å². The molecular formula is C26H27NO3. The number of ether oxygens (including phenoxy) is 1. The number of hydrogen-bond acceptors (Lipinski definition) is 3. The summed E-state index contributed by atoms with van der Waals surface area (Å²) in [7, 11) is 0. The zero-order chi connectivity index (χ0) is 21.3. The summed E-state index contributed by atoms with van der Waals surface area (Å²) in [6.45, 7) is 4.13. The van der Waals surface area contributed by atoms with Crippen LogP contribution in [0.3, 0.4) is 0 Å². The van der Waals surface area contributed by atoms with E-state index in [-0.39, 0.29) is 17.6 Å². The lowest BCUT2D eigenvalue weighted by Gasteiger charge is -2.18. The molecule has 154 valence electrons. The van der Waals surface area contributed by atoms with Crippen molar-refractivity contribution in [2.75, 3.05) is 5.32 Å². The van der Waals surface area contributed by atoms with Crippen LogP contribution in [0.4, 0.5) is 5.69 Å². The molecule has 3 aromatic carbocycles. The van der Waals surface area contributed by atoms with Crippen LogP contribution in [0.1, 0.15) is 25.0 Å². The number of benzene rings is 3. The molecule has 0 spiro atoms. The summed E-state index contributed by atoms with van der Waals surface area (Å²) in [5.41, 5.74) is 2.70. The Labute approximate surface area is 177 Å². The van der Waals surface area contributed by atoms with Crippen molar-refractivity contribution in [1.29, 1.82) is 0 Å². The fraction of sp³-hybridized carbons (Fsp3) is 0.231. The molecule has 0 saturated carbocycles. The van der Waals surface area contributed by atoms with Crippen molar-refractivity contribution in [3.8, 4) is 5.75 Å². The van der Waals surface area contributed by atoms with E-state index in [1.54, 1.807) is 12.1 Å². The van der Waals surface area contributed by atoms with Crippen LogP contribution in [-0.2, 0) is 22.6 Å². The SMILES string of the molecule is CC(C)C(=O)C(Cc1ccccc1)C(=O)Nc1ccc(OCc2ccccc2)cc1. The number of anilines is 1. The normalized spacial score (nSPS) is 11.7. The van der Waals surface area contributed by atoms with Crippen LogP contribution in [0.15, 0.2) is 84.9 Å². The van der Waals surface area contributed by atoms with Crippen LogP contribution < -0.4 is 10.1 Å². The molecule has 30 heavy (non-hydrogen) atoms. The molecule has 1 amide bonds. The van der Waals surface area contributed by atoms with Crippen LogP contribution in [0.5, 0.6) is 5.75 Å². The second kappa shape index (κ2) is 10.4. The molecule has 3 aromatic rings. The van der Waals surface area contributed by atoms with Crippen LogP contribution >= 0.6 is 0 Å². The van der Waals surface area contributed by atoms with Crippen molar-refractivity contribution >= 4 is 17.4 Å². The maximum Gasteiger partial charge on any atom is 0.235 e. The maximum atomic E-state index is 12.9. The van der Waals surface area contributed by atoms with E-state index in [1.807, 2.05) is 86.6 Å². The fourth-order valence-corrected chi connectivity index (χ4v) is 3.18. The predicted octanol–water partition coefficient (Wildman–Crippen LogP) is 5.29. The lowest BCUT2D eigenvalue weighted by atomic mass is 9.88. The molecule has 1 N–H and O–H groups in total. The number of Topliss-reactive ketones (excluding diaryl/α,β-unsaturated/α-hetero) is 1. The van der Waals surface area contributed by atoms with Gasteiger partial charge in [0.1, 0.15) is 24.1 Å². The first-order valence-electron chi connectivity index (χ1n) is 10.2. The van der Waals surface area contributed by atoms with Crippen LogP contribution in [0.25, 0.3) is 0 Å². The first-order chi connectivity index (χ1) is 14.5. The Kier molecular flexibility index (Phi) is 7.39. The van der Waals surface area contributed by atoms with Gasteiger partial charge in [-0.2, -0.15) is 0 Å². The number of ketones is 1. The van der Waals surface area contributed by atoms with Gasteiger partial charge in [0.05, 0.1) is 0 Å². The third-order valence-electron chi connectivity index (χ3n) is 4.88. The van der Waals surface area contributed by atoms with Gasteiger partial charge in [0, 0.05) is 11.6 Å². The van der Waals surface area contributed by atoms with Crippen molar-refractivity contribution in [3.05, 3.63) is 96.1 Å². The summed E-state index contributed by atoms with van der Waals surface area (Å²) in [5.74, 6) is -0.551. The quantitative estimate of drug-likeness (QED) is 0.496. The van der Waals surface area contributed by atoms with Crippen LogP contribution in [0.2, 0.25) is 0 Å². The molecule has 0 aliphatic heterocycles. The van der Waals surface area contributed by atoms with Gasteiger partial charge in [-0.1, -0.05) is 74.5 Å². The highest BCUT2D eigenvalue weighted by Crippen LogP contribution is 2.20. The average molecular weight is 402 g/mol. The molecule has 0 heterocycles. The number of nitrogens with one attached hydrogen (secondary N) is 1. The molecule has 1 atom stereocenters. The Hall–Kier alpha value is -3.40. The summed E-state index contributed by atoms with van der Waals surface area (Å²) in [5, 5.41) is 2.88. The van der Waals surface area contributed by atoms with Crippen LogP contribution in [-0.4, -0.2) is 11.7 Å². The Morgan fingerprint density at radius 3 is 1.93 bits per heavy atom. The number of hydrogen-bond donors (Lipinski definition) is 1. The van der Waals surface area contributed by atoms with Gasteiger partial charge in [-0.05, 0) is 41.8 Å². The summed E-state index contributed by atoms with van der Waals surface area (Å²) in [6, 6.07) is 26.8. The summed E-state index contributed by atoms with van der Waals surface area (Å²) in [6.07, 6.45) is 0.391. The predicted molar refractivity (Wildman–Crippen MR) is 119 cm³/mol. The zero-order valence-corrected chi connectivity index (χ0v) is 17.4. The Morgan fingerprint density at radius 2 is 1.37 bits per heavy atom. The second-order valence-corrected chi connectivity index (χ2v) is 7.59. The molecule has 0 fully saturated rings. The van der Waals surface area contributed by atoms with E-state index in [2.05, 4.69) is 5.32 Å². The Bertz CT molecular complexity index is 951. The third kappa shape index (κ3) is 6.05. The van der Waals surface area contributed by atoms with E-state index >= 15 is 0 Å². The summed E-state index contributed by atoms with van der Waals surface area (Å²) >= 11 is 0. The fourth-order valence-electron chi connectivity index (χ4n) is 3.18. The average Bonchev–Trinajstić information content (AvgIpc) is 2.78. The minimum Gasteiger partial charge on any atom is -0.489 e. The lowest BCUT2D eigenvalue weighted by molar-refractivity contribution is -0.133. The number of carbonyl (C=O) groups excluding carboxylic acids is 2. The molecule has 0 aromatic heterocycles. The smallest absolute Gasteiger partial charge is 0.235 e. The summed E-state index contributed by atoms with van der Waals surface area (Å²) < 4.78 is 5.78. The minimum absolute atomic E-state index is 0.0563. The molecule has 3 rings (SSSR count). The zero-order valence-electron chi connectivity index (χ0n) is 17.4. The first kappa shape index (κ1) is 21.3. The standard InChI is InChI=1S/C26H27NO3/c1-19(2)25(28)24(17-20-9-5-3-6-10-20)26(29)27-22-13-15-23(16-14-22)30-18-21-11-7-4-8-12-21/h3-16,19,24H,17-18H2,1-2H3,(H,27,29). The number of rotatable bonds is 9. The van der Waals surface area contributed by atoms with E-state index in [4.69, 9.17) is 4.74 Å². The molecule has 4 nitrogen and oxygen atoms in total. The van der Waals surface area contributed by atoms with Gasteiger partial charge in [0.15, 0.2) is 0 Å². The molecule has 0 saturated heterocycles. The van der Waals surface area contributed by atoms with E-state index in [0.717, 1.165) is 16.9 Å². The highest BCUT2D eigenvalue weighted by molar-refractivity contribution is 6.08. The van der Waals surface area contributed by atoms with Gasteiger partial charge >= 0.3 is 0 Å². The Morgan fingerprint density at radius 1 is 0.800 bits per heavy atom. The Balaban J connectivity index is 1.63. The molecule has 0 aliphatic carbocycles. The van der Waals surface area contributed by atoms with E-state index < -0.39 is 5.92 Å². The van der Waals surface area contributed by atoms with Crippen molar-refractivity contribution in [3.63, 3.8) is 0 Å². The highest BCUT2D eigenvalue weighted by Gasteiger charge is 2.28. The van der Waals surface area contributed by atoms with Crippen molar-refractivity contribution in [1.82, 2.24) is 0 Å². The second-order valence-electron chi connectivity index (χ2n) is 7.59. The van der Waals surface area contributed by atoms with Gasteiger partial charge in [-0.3, -0.25) is 9.59 Å².